The second-order valence-corrected chi connectivity index (χ2v) is 4.20. The molecule has 0 aliphatic heterocycles. The van der Waals surface area contributed by atoms with Crippen LogP contribution in [0.25, 0.3) is 0 Å². The van der Waals surface area contributed by atoms with Crippen LogP contribution < -0.4 is 4.74 Å². The number of hydrogen-bond acceptors (Lipinski definition) is 5. The van der Waals surface area contributed by atoms with Crippen LogP contribution in [0.4, 0.5) is 0 Å². The van der Waals surface area contributed by atoms with Gasteiger partial charge in [0.1, 0.15) is 5.75 Å². The molecule has 0 aliphatic carbocycles. The number of benzene rings is 1. The van der Waals surface area contributed by atoms with Crippen LogP contribution in [0.1, 0.15) is 17.4 Å². The highest BCUT2D eigenvalue weighted by Gasteiger charge is 2.10. The highest BCUT2D eigenvalue weighted by Crippen LogP contribution is 2.20. The largest absolute Gasteiger partial charge is 0.497 e. The Kier molecular flexibility index (Phi) is 4.48. The molecule has 0 bridgehead atoms. The van der Waals surface area contributed by atoms with Gasteiger partial charge in [-0.2, -0.15) is 0 Å². The van der Waals surface area contributed by atoms with Gasteiger partial charge in [0.25, 0.3) is 0 Å². The Hall–Kier alpha value is -1.92. The summed E-state index contributed by atoms with van der Waals surface area (Å²) in [6.07, 6.45) is 1.51. The van der Waals surface area contributed by atoms with E-state index in [4.69, 9.17) is 9.84 Å². The van der Waals surface area contributed by atoms with Gasteiger partial charge in [-0.1, -0.05) is 17.3 Å². The van der Waals surface area contributed by atoms with Crippen molar-refractivity contribution in [1.29, 1.82) is 0 Å². The Morgan fingerprint density at radius 3 is 3.00 bits per heavy atom. The third-order valence-corrected chi connectivity index (χ3v) is 2.79. The molecule has 1 unspecified atom stereocenters. The summed E-state index contributed by atoms with van der Waals surface area (Å²) in [4.78, 5) is 0. The molecule has 0 aliphatic rings. The Balaban J connectivity index is 2.04. The molecule has 1 aromatic carbocycles. The summed E-state index contributed by atoms with van der Waals surface area (Å²) < 4.78 is 6.68. The normalized spacial score (nSPS) is 12.4. The van der Waals surface area contributed by atoms with Gasteiger partial charge >= 0.3 is 0 Å². The number of hydrogen-bond donors (Lipinski definition) is 2. The Labute approximate surface area is 111 Å². The predicted octanol–water partition coefficient (Wildman–Crippen LogP) is 0.555. The molecular weight excluding hydrogens is 246 g/mol. The first-order valence-corrected chi connectivity index (χ1v) is 6.05. The van der Waals surface area contributed by atoms with Gasteiger partial charge in [-0.15, -0.1) is 5.10 Å². The maximum atomic E-state index is 10.1. The smallest absolute Gasteiger partial charge is 0.119 e. The van der Waals surface area contributed by atoms with Gasteiger partial charge in [0.15, 0.2) is 0 Å². The lowest BCUT2D eigenvalue weighted by Gasteiger charge is -2.11. The first-order valence-electron chi connectivity index (χ1n) is 6.05. The minimum Gasteiger partial charge on any atom is -0.497 e. The number of nitrogens with zero attached hydrogens (tertiary/aromatic N) is 3. The van der Waals surface area contributed by atoms with Gasteiger partial charge in [-0.3, -0.25) is 0 Å². The van der Waals surface area contributed by atoms with Crippen molar-refractivity contribution in [1.82, 2.24) is 15.0 Å². The Morgan fingerprint density at radius 2 is 2.26 bits per heavy atom. The van der Waals surface area contributed by atoms with E-state index >= 15 is 0 Å². The molecular formula is C13H17N3O3. The van der Waals surface area contributed by atoms with E-state index in [2.05, 4.69) is 10.3 Å². The molecule has 2 N–H and O–H groups in total. The van der Waals surface area contributed by atoms with Gasteiger partial charge in [0.2, 0.25) is 0 Å². The molecule has 1 aromatic heterocycles. The second-order valence-electron chi connectivity index (χ2n) is 4.20. The SMILES string of the molecule is COc1cccc(C(O)Cn2cc(CCO)nn2)c1. The molecule has 0 amide bonds. The van der Waals surface area contributed by atoms with Crippen LogP contribution in [0, 0.1) is 0 Å². The van der Waals surface area contributed by atoms with E-state index in [0.717, 1.165) is 5.56 Å². The van der Waals surface area contributed by atoms with Crippen molar-refractivity contribution in [3.8, 4) is 5.75 Å². The van der Waals surface area contributed by atoms with Crippen molar-refractivity contribution < 1.29 is 14.9 Å². The molecule has 2 aromatic rings. The van der Waals surface area contributed by atoms with E-state index in [1.807, 2.05) is 18.2 Å². The van der Waals surface area contributed by atoms with E-state index < -0.39 is 6.10 Å². The van der Waals surface area contributed by atoms with Crippen molar-refractivity contribution >= 4 is 0 Å². The fourth-order valence-corrected chi connectivity index (χ4v) is 1.79. The molecule has 0 radical (unpaired) electrons. The quantitative estimate of drug-likeness (QED) is 0.795. The highest BCUT2D eigenvalue weighted by atomic mass is 16.5. The van der Waals surface area contributed by atoms with Gasteiger partial charge in [-0.25, -0.2) is 4.68 Å². The van der Waals surface area contributed by atoms with Crippen molar-refractivity contribution in [3.63, 3.8) is 0 Å². The van der Waals surface area contributed by atoms with Crippen LogP contribution in [-0.2, 0) is 13.0 Å². The van der Waals surface area contributed by atoms with Gasteiger partial charge in [0, 0.05) is 19.2 Å². The molecule has 6 nitrogen and oxygen atoms in total. The van der Waals surface area contributed by atoms with Crippen molar-refractivity contribution in [2.75, 3.05) is 13.7 Å². The summed E-state index contributed by atoms with van der Waals surface area (Å²) in [6.45, 7) is 0.350. The van der Waals surface area contributed by atoms with Crippen LogP contribution in [0.5, 0.6) is 5.75 Å². The second kappa shape index (κ2) is 6.31. The minimum atomic E-state index is -0.682. The van der Waals surface area contributed by atoms with Crippen LogP contribution in [-0.4, -0.2) is 38.9 Å². The summed E-state index contributed by atoms with van der Waals surface area (Å²) in [5.41, 5.74) is 1.47. The zero-order valence-corrected chi connectivity index (χ0v) is 10.7. The first-order chi connectivity index (χ1) is 9.22. The number of aliphatic hydroxyl groups is 2. The molecule has 0 saturated heterocycles. The Morgan fingerprint density at radius 1 is 1.42 bits per heavy atom. The summed E-state index contributed by atoms with van der Waals surface area (Å²) in [7, 11) is 1.59. The molecule has 102 valence electrons. The Bertz CT molecular complexity index is 527. The molecule has 0 fully saturated rings. The zero-order valence-electron chi connectivity index (χ0n) is 10.7. The van der Waals surface area contributed by atoms with Gasteiger partial charge in [-0.05, 0) is 17.7 Å². The average molecular weight is 263 g/mol. The predicted molar refractivity (Wildman–Crippen MR) is 68.8 cm³/mol. The van der Waals surface area contributed by atoms with Gasteiger partial charge < -0.3 is 14.9 Å². The fraction of sp³-hybridized carbons (Fsp3) is 0.385. The van der Waals surface area contributed by atoms with Crippen LogP contribution in [0.15, 0.2) is 30.5 Å². The molecule has 6 heteroatoms. The zero-order chi connectivity index (χ0) is 13.7. The number of ether oxygens (including phenoxy) is 1. The average Bonchev–Trinajstić information content (AvgIpc) is 2.86. The molecule has 0 saturated carbocycles. The minimum absolute atomic E-state index is 0.0388. The number of rotatable bonds is 6. The van der Waals surface area contributed by atoms with Crippen molar-refractivity contribution in [2.45, 2.75) is 19.1 Å². The maximum Gasteiger partial charge on any atom is 0.119 e. The topological polar surface area (TPSA) is 80.4 Å². The van der Waals surface area contributed by atoms with Crippen molar-refractivity contribution in [3.05, 3.63) is 41.7 Å². The highest BCUT2D eigenvalue weighted by molar-refractivity contribution is 5.29. The first kappa shape index (κ1) is 13.5. The third-order valence-electron chi connectivity index (χ3n) is 2.79. The lowest BCUT2D eigenvalue weighted by Crippen LogP contribution is -2.09. The standard InChI is InChI=1S/C13H17N3O3/c1-19-12-4-2-3-10(7-12)13(18)9-16-8-11(5-6-17)14-15-16/h2-4,7-8,13,17-18H,5-6,9H2,1H3. The van der Waals surface area contributed by atoms with E-state index in [-0.39, 0.29) is 6.61 Å². The summed E-state index contributed by atoms with van der Waals surface area (Å²) in [6, 6.07) is 7.27. The lowest BCUT2D eigenvalue weighted by atomic mass is 10.1. The van der Waals surface area contributed by atoms with Crippen LogP contribution in [0.3, 0.4) is 0 Å². The van der Waals surface area contributed by atoms with E-state index in [1.165, 1.54) is 0 Å². The van der Waals surface area contributed by atoms with Crippen LogP contribution in [0.2, 0.25) is 0 Å². The van der Waals surface area contributed by atoms with E-state index in [1.54, 1.807) is 24.1 Å². The van der Waals surface area contributed by atoms with E-state index in [0.29, 0.717) is 24.4 Å². The molecule has 2 rings (SSSR count). The molecule has 1 atom stereocenters. The monoisotopic (exact) mass is 263 g/mol. The van der Waals surface area contributed by atoms with Crippen molar-refractivity contribution in [2.24, 2.45) is 0 Å². The van der Waals surface area contributed by atoms with E-state index in [9.17, 15) is 5.11 Å². The maximum absolute atomic E-state index is 10.1. The number of aromatic nitrogens is 3. The molecule has 1 heterocycles. The van der Waals surface area contributed by atoms with Gasteiger partial charge in [0.05, 0.1) is 25.5 Å². The molecule has 0 spiro atoms. The molecule has 19 heavy (non-hydrogen) atoms. The fourth-order valence-electron chi connectivity index (χ4n) is 1.79. The van der Waals surface area contributed by atoms with Crippen LogP contribution >= 0.6 is 0 Å². The number of methoxy groups -OCH3 is 1. The summed E-state index contributed by atoms with van der Waals surface area (Å²) in [5, 5.41) is 26.8. The number of aliphatic hydroxyl groups excluding tert-OH is 2. The lowest BCUT2D eigenvalue weighted by molar-refractivity contribution is 0.150. The summed E-state index contributed by atoms with van der Waals surface area (Å²) in [5.74, 6) is 0.705. The summed E-state index contributed by atoms with van der Waals surface area (Å²) >= 11 is 0. The third kappa shape index (κ3) is 3.52.